The van der Waals surface area contributed by atoms with Crippen LogP contribution in [-0.4, -0.2) is 19.0 Å². The van der Waals surface area contributed by atoms with Crippen LogP contribution in [0.4, 0.5) is 0 Å². The number of amides is 1. The molecule has 1 aliphatic rings. The summed E-state index contributed by atoms with van der Waals surface area (Å²) >= 11 is 0. The van der Waals surface area contributed by atoms with Crippen molar-refractivity contribution in [1.82, 2.24) is 10.6 Å². The Bertz CT molecular complexity index is 683. The molecule has 0 spiro atoms. The zero-order chi connectivity index (χ0) is 17.5. The van der Waals surface area contributed by atoms with Crippen molar-refractivity contribution in [2.45, 2.75) is 26.7 Å². The molecule has 132 valence electrons. The lowest BCUT2D eigenvalue weighted by molar-refractivity contribution is -0.126. The van der Waals surface area contributed by atoms with Crippen LogP contribution in [0.5, 0.6) is 0 Å². The maximum atomic E-state index is 12.3. The number of carbonyl (C=O) groups is 1. The van der Waals surface area contributed by atoms with Crippen molar-refractivity contribution < 1.29 is 9.53 Å². The van der Waals surface area contributed by atoms with Crippen LogP contribution in [0, 0.1) is 11.8 Å². The van der Waals surface area contributed by atoms with Crippen LogP contribution in [0.3, 0.4) is 0 Å². The molecule has 4 nitrogen and oxygen atoms in total. The molecule has 1 fully saturated rings. The Balaban J connectivity index is 1.50. The largest absolute Gasteiger partial charge is 0.372 e. The molecule has 0 radical (unpaired) electrons. The van der Waals surface area contributed by atoms with Crippen molar-refractivity contribution in [3.63, 3.8) is 0 Å². The topological polar surface area (TPSA) is 50.4 Å². The highest BCUT2D eigenvalue weighted by atomic mass is 16.5. The van der Waals surface area contributed by atoms with Crippen LogP contribution in [-0.2, 0) is 29.3 Å². The van der Waals surface area contributed by atoms with E-state index in [4.69, 9.17) is 4.74 Å². The van der Waals surface area contributed by atoms with Gasteiger partial charge in [-0.3, -0.25) is 4.79 Å². The third-order valence-electron chi connectivity index (χ3n) is 4.87. The Morgan fingerprint density at radius 3 is 2.44 bits per heavy atom. The molecule has 0 aliphatic carbocycles. The Hall–Kier alpha value is -2.17. The lowest BCUT2D eigenvalue weighted by atomic mass is 9.88. The maximum absolute atomic E-state index is 12.3. The van der Waals surface area contributed by atoms with E-state index in [-0.39, 0.29) is 11.8 Å². The summed E-state index contributed by atoms with van der Waals surface area (Å²) in [5.41, 5.74) is 3.40. The van der Waals surface area contributed by atoms with Gasteiger partial charge in [0.15, 0.2) is 0 Å². The molecule has 25 heavy (non-hydrogen) atoms. The fourth-order valence-corrected chi connectivity index (χ4v) is 2.95. The van der Waals surface area contributed by atoms with E-state index >= 15 is 0 Å². The number of ether oxygens (including phenoxy) is 1. The second-order valence-corrected chi connectivity index (χ2v) is 6.67. The molecule has 0 aromatic heterocycles. The van der Waals surface area contributed by atoms with Crippen LogP contribution in [0.2, 0.25) is 0 Å². The second kappa shape index (κ2) is 8.79. The van der Waals surface area contributed by atoms with Crippen molar-refractivity contribution in [2.75, 3.05) is 13.1 Å². The van der Waals surface area contributed by atoms with Gasteiger partial charge in [-0.1, -0.05) is 61.5 Å². The molecule has 3 rings (SSSR count). The van der Waals surface area contributed by atoms with Crippen molar-refractivity contribution >= 4 is 5.91 Å². The summed E-state index contributed by atoms with van der Waals surface area (Å²) in [5.74, 6) is 0.652. The van der Waals surface area contributed by atoms with E-state index in [2.05, 4.69) is 34.9 Å². The molecule has 0 bridgehead atoms. The van der Waals surface area contributed by atoms with Crippen LogP contribution >= 0.6 is 0 Å². The standard InChI is InChI=1S/C21H26N2O2/c1-16(20-11-22-12-20)21(24)23-13-18-9-5-6-10-19(18)15-25-14-17-7-3-2-4-8-17/h2-10,16,20,22H,11-15H2,1H3,(H,23,24). The molecular weight excluding hydrogens is 312 g/mol. The first-order valence-corrected chi connectivity index (χ1v) is 8.91. The lowest BCUT2D eigenvalue weighted by Crippen LogP contribution is -2.49. The van der Waals surface area contributed by atoms with E-state index in [1.54, 1.807) is 0 Å². The fraction of sp³-hybridized carbons (Fsp3) is 0.381. The van der Waals surface area contributed by atoms with Gasteiger partial charge in [-0.2, -0.15) is 0 Å². The van der Waals surface area contributed by atoms with E-state index in [1.165, 1.54) is 0 Å². The first-order chi connectivity index (χ1) is 12.2. The summed E-state index contributed by atoms with van der Waals surface area (Å²) in [6.07, 6.45) is 0. The summed E-state index contributed by atoms with van der Waals surface area (Å²) in [4.78, 5) is 12.3. The molecule has 4 heteroatoms. The highest BCUT2D eigenvalue weighted by Crippen LogP contribution is 2.17. The van der Waals surface area contributed by atoms with Gasteiger partial charge in [0.05, 0.1) is 13.2 Å². The molecule has 2 N–H and O–H groups in total. The number of carbonyl (C=O) groups excluding carboxylic acids is 1. The summed E-state index contributed by atoms with van der Waals surface area (Å²) in [6.45, 7) is 5.58. The van der Waals surface area contributed by atoms with Gasteiger partial charge in [0.25, 0.3) is 0 Å². The van der Waals surface area contributed by atoms with Gasteiger partial charge < -0.3 is 15.4 Å². The summed E-state index contributed by atoms with van der Waals surface area (Å²) < 4.78 is 5.84. The molecular formula is C21H26N2O2. The van der Waals surface area contributed by atoms with Crippen molar-refractivity contribution in [1.29, 1.82) is 0 Å². The molecule has 1 unspecified atom stereocenters. The average Bonchev–Trinajstić information content (AvgIpc) is 2.60. The monoisotopic (exact) mass is 338 g/mol. The summed E-state index contributed by atoms with van der Waals surface area (Å²) in [6, 6.07) is 18.3. The molecule has 1 aliphatic heterocycles. The summed E-state index contributed by atoms with van der Waals surface area (Å²) in [7, 11) is 0. The van der Waals surface area contributed by atoms with Crippen molar-refractivity contribution in [2.24, 2.45) is 11.8 Å². The van der Waals surface area contributed by atoms with E-state index < -0.39 is 0 Å². The second-order valence-electron chi connectivity index (χ2n) is 6.67. The molecule has 1 amide bonds. The van der Waals surface area contributed by atoms with Gasteiger partial charge in [0.1, 0.15) is 0 Å². The van der Waals surface area contributed by atoms with Gasteiger partial charge in [-0.05, 0) is 35.7 Å². The maximum Gasteiger partial charge on any atom is 0.223 e. The molecule has 1 heterocycles. The zero-order valence-corrected chi connectivity index (χ0v) is 14.7. The SMILES string of the molecule is CC(C(=O)NCc1ccccc1COCc1ccccc1)C1CNC1. The number of hydrogen-bond donors (Lipinski definition) is 2. The molecule has 1 saturated heterocycles. The van der Waals surface area contributed by atoms with Crippen LogP contribution in [0.15, 0.2) is 54.6 Å². The van der Waals surface area contributed by atoms with Crippen molar-refractivity contribution in [3.05, 3.63) is 71.3 Å². The van der Waals surface area contributed by atoms with Gasteiger partial charge in [0.2, 0.25) is 5.91 Å². The highest BCUT2D eigenvalue weighted by molar-refractivity contribution is 5.78. The predicted octanol–water partition coefficient (Wildman–Crippen LogP) is 2.88. The van der Waals surface area contributed by atoms with Crippen LogP contribution < -0.4 is 10.6 Å². The van der Waals surface area contributed by atoms with Crippen LogP contribution in [0.25, 0.3) is 0 Å². The third kappa shape index (κ3) is 4.91. The highest BCUT2D eigenvalue weighted by Gasteiger charge is 2.28. The van der Waals surface area contributed by atoms with Gasteiger partial charge >= 0.3 is 0 Å². The molecule has 1 atom stereocenters. The minimum Gasteiger partial charge on any atom is -0.372 e. The Kier molecular flexibility index (Phi) is 6.20. The smallest absolute Gasteiger partial charge is 0.223 e. The minimum atomic E-state index is 0.0581. The molecule has 2 aromatic carbocycles. The fourth-order valence-electron chi connectivity index (χ4n) is 2.95. The van der Waals surface area contributed by atoms with E-state index in [9.17, 15) is 4.79 Å². The average molecular weight is 338 g/mol. The minimum absolute atomic E-state index is 0.0581. The predicted molar refractivity (Wildman–Crippen MR) is 98.7 cm³/mol. The van der Waals surface area contributed by atoms with E-state index in [0.717, 1.165) is 29.8 Å². The third-order valence-corrected chi connectivity index (χ3v) is 4.87. The number of hydrogen-bond acceptors (Lipinski definition) is 3. The van der Waals surface area contributed by atoms with Crippen LogP contribution in [0.1, 0.15) is 23.6 Å². The first-order valence-electron chi connectivity index (χ1n) is 8.91. The lowest BCUT2D eigenvalue weighted by Gasteiger charge is -2.31. The summed E-state index contributed by atoms with van der Waals surface area (Å²) in [5, 5.41) is 6.29. The molecule has 0 saturated carbocycles. The van der Waals surface area contributed by atoms with Gasteiger partial charge in [-0.25, -0.2) is 0 Å². The molecule has 2 aromatic rings. The number of nitrogens with one attached hydrogen (secondary N) is 2. The Morgan fingerprint density at radius 1 is 1.08 bits per heavy atom. The van der Waals surface area contributed by atoms with Gasteiger partial charge in [-0.15, -0.1) is 0 Å². The quantitative estimate of drug-likeness (QED) is 0.778. The van der Waals surface area contributed by atoms with Crippen molar-refractivity contribution in [3.8, 4) is 0 Å². The first kappa shape index (κ1) is 17.6. The Morgan fingerprint density at radius 2 is 1.76 bits per heavy atom. The van der Waals surface area contributed by atoms with E-state index in [0.29, 0.717) is 25.7 Å². The Labute approximate surface area is 149 Å². The van der Waals surface area contributed by atoms with E-state index in [1.807, 2.05) is 37.3 Å². The zero-order valence-electron chi connectivity index (χ0n) is 14.7. The number of rotatable bonds is 8. The van der Waals surface area contributed by atoms with Gasteiger partial charge in [0, 0.05) is 12.5 Å². The normalized spacial score (nSPS) is 15.4. The number of benzene rings is 2.